The number of carbonyl (C=O) groups is 1. The molecule has 0 heterocycles. The Labute approximate surface area is 138 Å². The Kier molecular flexibility index (Phi) is 5.77. The summed E-state index contributed by atoms with van der Waals surface area (Å²) in [5.41, 5.74) is 2.89. The van der Waals surface area contributed by atoms with E-state index in [4.69, 9.17) is 0 Å². The van der Waals surface area contributed by atoms with Crippen LogP contribution >= 0.6 is 0 Å². The van der Waals surface area contributed by atoms with Crippen LogP contribution in [0.15, 0.2) is 54.6 Å². The van der Waals surface area contributed by atoms with E-state index in [1.54, 1.807) is 0 Å². The molecule has 0 aliphatic carbocycles. The van der Waals surface area contributed by atoms with Gasteiger partial charge in [0.15, 0.2) is 0 Å². The van der Waals surface area contributed by atoms with Gasteiger partial charge in [-0.15, -0.1) is 0 Å². The topological polar surface area (TPSA) is 35.6 Å². The number of rotatable bonds is 6. The molecule has 0 unspecified atom stereocenters. The lowest BCUT2D eigenvalue weighted by molar-refractivity contribution is 0.0942. The van der Waals surface area contributed by atoms with Gasteiger partial charge in [0.25, 0.3) is 5.91 Å². The maximum atomic E-state index is 12.4. The van der Waals surface area contributed by atoms with Gasteiger partial charge in [0.1, 0.15) is 0 Å². The molecule has 0 aromatic heterocycles. The first kappa shape index (κ1) is 17.0. The average molecular weight is 311 g/mol. The molecule has 122 valence electrons. The number of benzene rings is 2. The van der Waals surface area contributed by atoms with Crippen LogP contribution in [0.3, 0.4) is 0 Å². The fourth-order valence-electron chi connectivity index (χ4n) is 2.49. The monoisotopic (exact) mass is 311 g/mol. The molecule has 0 fully saturated rings. The number of anilines is 1. The van der Waals surface area contributed by atoms with Crippen LogP contribution in [0.1, 0.15) is 22.0 Å². The van der Waals surface area contributed by atoms with Gasteiger partial charge in [-0.05, 0) is 37.9 Å². The van der Waals surface area contributed by atoms with Crippen molar-refractivity contribution in [2.75, 3.05) is 39.6 Å². The Morgan fingerprint density at radius 3 is 2.30 bits per heavy atom. The third kappa shape index (κ3) is 4.57. The highest BCUT2D eigenvalue weighted by Crippen LogP contribution is 2.17. The number of nitrogens with zero attached hydrogens (tertiary/aromatic N) is 2. The molecule has 0 aliphatic heterocycles. The zero-order valence-corrected chi connectivity index (χ0v) is 14.3. The van der Waals surface area contributed by atoms with Gasteiger partial charge in [-0.2, -0.15) is 0 Å². The van der Waals surface area contributed by atoms with E-state index >= 15 is 0 Å². The zero-order valence-electron chi connectivity index (χ0n) is 14.3. The standard InChI is InChI=1S/C19H25N3O/c1-21(2)17-12-8-11-16(13-17)19(23)20-14-18(22(3)4)15-9-6-5-7-10-15/h5-13,18H,14H2,1-4H3,(H,20,23)/t18-/m0/s1. The van der Waals surface area contributed by atoms with Crippen molar-refractivity contribution in [1.29, 1.82) is 0 Å². The molecule has 2 aromatic carbocycles. The van der Waals surface area contributed by atoms with Crippen LogP contribution in [0, 0.1) is 0 Å². The van der Waals surface area contributed by atoms with Gasteiger partial charge < -0.3 is 15.1 Å². The Balaban J connectivity index is 2.06. The van der Waals surface area contributed by atoms with Crippen molar-refractivity contribution in [1.82, 2.24) is 10.2 Å². The summed E-state index contributed by atoms with van der Waals surface area (Å²) >= 11 is 0. The normalized spacial score (nSPS) is 12.0. The average Bonchev–Trinajstić information content (AvgIpc) is 2.55. The fraction of sp³-hybridized carbons (Fsp3) is 0.316. The second-order valence-corrected chi connectivity index (χ2v) is 6.04. The smallest absolute Gasteiger partial charge is 0.251 e. The molecular weight excluding hydrogens is 286 g/mol. The van der Waals surface area contributed by atoms with E-state index in [1.807, 2.05) is 75.6 Å². The quantitative estimate of drug-likeness (QED) is 0.891. The second-order valence-electron chi connectivity index (χ2n) is 6.04. The molecule has 1 atom stereocenters. The molecule has 0 radical (unpaired) electrons. The molecular formula is C19H25N3O. The molecule has 1 N–H and O–H groups in total. The van der Waals surface area contributed by atoms with E-state index in [0.717, 1.165) is 5.69 Å². The summed E-state index contributed by atoms with van der Waals surface area (Å²) in [6.45, 7) is 0.571. The van der Waals surface area contributed by atoms with Gasteiger partial charge in [-0.25, -0.2) is 0 Å². The van der Waals surface area contributed by atoms with Crippen molar-refractivity contribution in [3.05, 3.63) is 65.7 Å². The highest BCUT2D eigenvalue weighted by atomic mass is 16.1. The minimum absolute atomic E-state index is 0.0449. The number of hydrogen-bond donors (Lipinski definition) is 1. The molecule has 0 saturated carbocycles. The lowest BCUT2D eigenvalue weighted by atomic mass is 10.1. The maximum absolute atomic E-state index is 12.4. The molecule has 2 rings (SSSR count). The number of nitrogens with one attached hydrogen (secondary N) is 1. The molecule has 4 nitrogen and oxygen atoms in total. The van der Waals surface area contributed by atoms with E-state index in [-0.39, 0.29) is 11.9 Å². The first-order chi connectivity index (χ1) is 11.0. The summed E-state index contributed by atoms with van der Waals surface area (Å²) in [6, 6.07) is 18.0. The van der Waals surface area contributed by atoms with Gasteiger partial charge in [-0.3, -0.25) is 4.79 Å². The van der Waals surface area contributed by atoms with E-state index in [2.05, 4.69) is 22.3 Å². The lowest BCUT2D eigenvalue weighted by Gasteiger charge is -2.25. The Morgan fingerprint density at radius 2 is 1.70 bits per heavy atom. The lowest BCUT2D eigenvalue weighted by Crippen LogP contribution is -2.34. The summed E-state index contributed by atoms with van der Waals surface area (Å²) in [6.07, 6.45) is 0. The molecule has 4 heteroatoms. The van der Waals surface area contributed by atoms with Crippen LogP contribution in [0.2, 0.25) is 0 Å². The minimum Gasteiger partial charge on any atom is -0.378 e. The van der Waals surface area contributed by atoms with Crippen LogP contribution < -0.4 is 10.2 Å². The molecule has 1 amide bonds. The van der Waals surface area contributed by atoms with Gasteiger partial charge in [-0.1, -0.05) is 36.4 Å². The summed E-state index contributed by atoms with van der Waals surface area (Å²) in [5, 5.41) is 3.05. The van der Waals surface area contributed by atoms with E-state index < -0.39 is 0 Å². The van der Waals surface area contributed by atoms with Crippen molar-refractivity contribution in [3.8, 4) is 0 Å². The number of likely N-dealkylation sites (N-methyl/N-ethyl adjacent to an activating group) is 1. The zero-order chi connectivity index (χ0) is 16.8. The van der Waals surface area contributed by atoms with Crippen molar-refractivity contribution in [3.63, 3.8) is 0 Å². The van der Waals surface area contributed by atoms with Crippen LogP contribution in [-0.4, -0.2) is 45.5 Å². The highest BCUT2D eigenvalue weighted by Gasteiger charge is 2.15. The van der Waals surface area contributed by atoms with Crippen LogP contribution in [0.25, 0.3) is 0 Å². The van der Waals surface area contributed by atoms with Gasteiger partial charge in [0, 0.05) is 31.9 Å². The first-order valence-corrected chi connectivity index (χ1v) is 7.76. The highest BCUT2D eigenvalue weighted by molar-refractivity contribution is 5.95. The van der Waals surface area contributed by atoms with Crippen molar-refractivity contribution >= 4 is 11.6 Å². The third-order valence-corrected chi connectivity index (χ3v) is 3.89. The summed E-state index contributed by atoms with van der Waals surface area (Å²) < 4.78 is 0. The molecule has 0 bridgehead atoms. The number of amides is 1. The fourth-order valence-corrected chi connectivity index (χ4v) is 2.49. The van der Waals surface area contributed by atoms with Crippen LogP contribution in [0.4, 0.5) is 5.69 Å². The van der Waals surface area contributed by atoms with Gasteiger partial charge in [0.05, 0.1) is 6.04 Å². The Hall–Kier alpha value is -2.33. The minimum atomic E-state index is -0.0449. The molecule has 0 spiro atoms. The molecule has 0 aliphatic rings. The van der Waals surface area contributed by atoms with Crippen LogP contribution in [0.5, 0.6) is 0 Å². The Bertz CT molecular complexity index is 638. The van der Waals surface area contributed by atoms with Crippen LogP contribution in [-0.2, 0) is 0 Å². The van der Waals surface area contributed by atoms with E-state index in [9.17, 15) is 4.79 Å². The van der Waals surface area contributed by atoms with Gasteiger partial charge >= 0.3 is 0 Å². The van der Waals surface area contributed by atoms with Crippen molar-refractivity contribution in [2.24, 2.45) is 0 Å². The predicted molar refractivity (Wildman–Crippen MR) is 96.0 cm³/mol. The largest absolute Gasteiger partial charge is 0.378 e. The summed E-state index contributed by atoms with van der Waals surface area (Å²) in [7, 11) is 7.98. The van der Waals surface area contributed by atoms with E-state index in [0.29, 0.717) is 12.1 Å². The maximum Gasteiger partial charge on any atom is 0.251 e. The summed E-state index contributed by atoms with van der Waals surface area (Å²) in [4.78, 5) is 16.5. The first-order valence-electron chi connectivity index (χ1n) is 7.76. The molecule has 2 aromatic rings. The third-order valence-electron chi connectivity index (χ3n) is 3.89. The Morgan fingerprint density at radius 1 is 1.00 bits per heavy atom. The molecule has 0 saturated heterocycles. The van der Waals surface area contributed by atoms with Gasteiger partial charge in [0.2, 0.25) is 0 Å². The SMILES string of the molecule is CN(C)c1cccc(C(=O)NC[C@@H](c2ccccc2)N(C)C)c1. The predicted octanol–water partition coefficient (Wildman–Crippen LogP) is 2.79. The number of carbonyl (C=O) groups excluding carboxylic acids is 1. The number of hydrogen-bond acceptors (Lipinski definition) is 3. The van der Waals surface area contributed by atoms with Crippen molar-refractivity contribution < 1.29 is 4.79 Å². The van der Waals surface area contributed by atoms with Crippen molar-refractivity contribution in [2.45, 2.75) is 6.04 Å². The van der Waals surface area contributed by atoms with E-state index in [1.165, 1.54) is 5.56 Å². The summed E-state index contributed by atoms with van der Waals surface area (Å²) in [5.74, 6) is -0.0449. The molecule has 23 heavy (non-hydrogen) atoms. The second kappa shape index (κ2) is 7.79.